The van der Waals surface area contributed by atoms with Crippen molar-refractivity contribution in [2.75, 3.05) is 0 Å². The van der Waals surface area contributed by atoms with Crippen LogP contribution in [0, 0.1) is 25.2 Å². The number of alkyl halides is 3. The second-order valence-corrected chi connectivity index (χ2v) is 8.11. The van der Waals surface area contributed by atoms with E-state index in [1.165, 1.54) is 18.2 Å². The molecule has 0 bridgehead atoms. The lowest BCUT2D eigenvalue weighted by molar-refractivity contribution is -0.138. The van der Waals surface area contributed by atoms with Gasteiger partial charge in [-0.1, -0.05) is 18.2 Å². The van der Waals surface area contributed by atoms with Crippen LogP contribution >= 0.6 is 11.3 Å². The molecule has 0 saturated carbocycles. The Morgan fingerprint density at radius 1 is 1.28 bits per heavy atom. The first-order chi connectivity index (χ1) is 13.7. The zero-order valence-corrected chi connectivity index (χ0v) is 16.2. The molecule has 1 aliphatic heterocycles. The molecule has 1 aliphatic rings. The average Bonchev–Trinajstić information content (AvgIpc) is 3.21. The van der Waals surface area contributed by atoms with Crippen molar-refractivity contribution in [2.24, 2.45) is 5.73 Å². The van der Waals surface area contributed by atoms with E-state index in [0.29, 0.717) is 11.3 Å². The van der Waals surface area contributed by atoms with Crippen LogP contribution in [0.15, 0.2) is 41.8 Å². The number of thiophene rings is 1. The second kappa shape index (κ2) is 6.67. The summed E-state index contributed by atoms with van der Waals surface area (Å²) in [5, 5.41) is 16.7. The molecule has 2 aromatic heterocycles. The molecule has 4 rings (SSSR count). The van der Waals surface area contributed by atoms with Gasteiger partial charge in [-0.2, -0.15) is 18.4 Å². The predicted octanol–water partition coefficient (Wildman–Crippen LogP) is 4.99. The van der Waals surface area contributed by atoms with Gasteiger partial charge in [0.25, 0.3) is 0 Å². The molecule has 3 heterocycles. The monoisotopic (exact) mass is 416 g/mol. The van der Waals surface area contributed by atoms with Crippen LogP contribution in [0.4, 0.5) is 13.2 Å². The molecule has 3 aromatic rings. The van der Waals surface area contributed by atoms with E-state index < -0.39 is 17.7 Å². The zero-order valence-electron chi connectivity index (χ0n) is 15.4. The Bertz CT molecular complexity index is 1180. The third kappa shape index (κ3) is 3.06. The SMILES string of the molecule is Cc1cc(-c2[nH]nc3c2[C@@H](c2ccccc2C(F)(F)F)C(C#N)=C(N)O3)c(C)s1. The third-order valence-electron chi connectivity index (χ3n) is 4.83. The van der Waals surface area contributed by atoms with Crippen molar-refractivity contribution in [3.05, 3.63) is 68.2 Å². The highest BCUT2D eigenvalue weighted by atomic mass is 32.1. The van der Waals surface area contributed by atoms with Gasteiger partial charge in [0.1, 0.15) is 11.6 Å². The Morgan fingerprint density at radius 2 is 2.00 bits per heavy atom. The fourth-order valence-electron chi connectivity index (χ4n) is 3.65. The first-order valence-corrected chi connectivity index (χ1v) is 9.43. The Balaban J connectivity index is 2.03. The Kier molecular flexibility index (Phi) is 4.39. The van der Waals surface area contributed by atoms with E-state index in [1.807, 2.05) is 26.0 Å². The van der Waals surface area contributed by atoms with Gasteiger partial charge in [-0.15, -0.1) is 16.4 Å². The molecule has 0 aliphatic carbocycles. The van der Waals surface area contributed by atoms with Crippen LogP contribution in [-0.2, 0) is 6.18 Å². The summed E-state index contributed by atoms with van der Waals surface area (Å²) in [6.45, 7) is 3.85. The van der Waals surface area contributed by atoms with Gasteiger partial charge in [-0.25, -0.2) is 0 Å². The maximum atomic E-state index is 13.7. The number of H-pyrrole nitrogens is 1. The normalized spacial score (nSPS) is 16.3. The summed E-state index contributed by atoms with van der Waals surface area (Å²) in [4.78, 5) is 2.01. The molecule has 3 N–H and O–H groups in total. The highest BCUT2D eigenvalue weighted by Crippen LogP contribution is 2.49. The van der Waals surface area contributed by atoms with Gasteiger partial charge < -0.3 is 10.5 Å². The number of nitrogens with two attached hydrogens (primary N) is 1. The van der Waals surface area contributed by atoms with Crippen LogP contribution in [0.25, 0.3) is 11.3 Å². The highest BCUT2D eigenvalue weighted by molar-refractivity contribution is 7.12. The number of benzene rings is 1. The molecule has 1 atom stereocenters. The molecule has 0 radical (unpaired) electrons. The lowest BCUT2D eigenvalue weighted by Gasteiger charge is -2.26. The van der Waals surface area contributed by atoms with Crippen LogP contribution in [0.5, 0.6) is 5.88 Å². The average molecular weight is 416 g/mol. The van der Waals surface area contributed by atoms with E-state index >= 15 is 0 Å². The number of hydrogen-bond acceptors (Lipinski definition) is 5. The van der Waals surface area contributed by atoms with Gasteiger partial charge in [0.15, 0.2) is 0 Å². The molecule has 1 aromatic carbocycles. The molecule has 0 unspecified atom stereocenters. The third-order valence-corrected chi connectivity index (χ3v) is 5.79. The van der Waals surface area contributed by atoms with E-state index in [4.69, 9.17) is 10.5 Å². The number of nitrogens with zero attached hydrogens (tertiary/aromatic N) is 2. The van der Waals surface area contributed by atoms with Gasteiger partial charge >= 0.3 is 6.18 Å². The number of hydrogen-bond donors (Lipinski definition) is 2. The number of nitrogens with one attached hydrogen (secondary N) is 1. The summed E-state index contributed by atoms with van der Waals surface area (Å²) in [6, 6.07) is 9.03. The largest absolute Gasteiger partial charge is 0.420 e. The number of rotatable bonds is 2. The maximum Gasteiger partial charge on any atom is 0.416 e. The number of aromatic amines is 1. The summed E-state index contributed by atoms with van der Waals surface area (Å²) >= 11 is 1.56. The molecule has 9 heteroatoms. The van der Waals surface area contributed by atoms with Crippen molar-refractivity contribution in [2.45, 2.75) is 25.9 Å². The second-order valence-electron chi connectivity index (χ2n) is 6.65. The van der Waals surface area contributed by atoms with E-state index in [9.17, 15) is 18.4 Å². The van der Waals surface area contributed by atoms with Crippen molar-refractivity contribution < 1.29 is 17.9 Å². The zero-order chi connectivity index (χ0) is 20.9. The number of allylic oxidation sites excluding steroid dienone is 1. The van der Waals surface area contributed by atoms with Gasteiger partial charge in [0.05, 0.1) is 22.7 Å². The van der Waals surface area contributed by atoms with Crippen molar-refractivity contribution in [1.29, 1.82) is 5.26 Å². The van der Waals surface area contributed by atoms with Gasteiger partial charge in [-0.3, -0.25) is 5.10 Å². The number of aryl methyl sites for hydroxylation is 2. The summed E-state index contributed by atoms with van der Waals surface area (Å²) in [6.07, 6.45) is -4.59. The highest BCUT2D eigenvalue weighted by Gasteiger charge is 2.41. The molecular formula is C20H15F3N4OS. The number of fused-ring (bicyclic) bond motifs is 1. The summed E-state index contributed by atoms with van der Waals surface area (Å²) < 4.78 is 46.7. The number of nitriles is 1. The van der Waals surface area contributed by atoms with Gasteiger partial charge in [-0.05, 0) is 31.5 Å². The van der Waals surface area contributed by atoms with Crippen molar-refractivity contribution in [1.82, 2.24) is 10.2 Å². The summed E-state index contributed by atoms with van der Waals surface area (Å²) in [5.74, 6) is -1.24. The molecule has 5 nitrogen and oxygen atoms in total. The van der Waals surface area contributed by atoms with Gasteiger partial charge in [0.2, 0.25) is 11.8 Å². The van der Waals surface area contributed by atoms with E-state index in [-0.39, 0.29) is 22.9 Å². The van der Waals surface area contributed by atoms with Gasteiger partial charge in [0, 0.05) is 15.3 Å². The number of ether oxygens (including phenoxy) is 1. The van der Waals surface area contributed by atoms with E-state index in [0.717, 1.165) is 21.4 Å². The smallest absolute Gasteiger partial charge is 0.416 e. The van der Waals surface area contributed by atoms with Crippen molar-refractivity contribution in [3.8, 4) is 23.2 Å². The first kappa shape index (κ1) is 19.1. The molecule has 148 valence electrons. The van der Waals surface area contributed by atoms with Crippen LogP contribution in [0.1, 0.15) is 32.4 Å². The quantitative estimate of drug-likeness (QED) is 0.616. The fraction of sp³-hybridized carbons (Fsp3) is 0.200. The molecular weight excluding hydrogens is 401 g/mol. The summed E-state index contributed by atoms with van der Waals surface area (Å²) in [5.41, 5.74) is 6.58. The predicted molar refractivity (Wildman–Crippen MR) is 102 cm³/mol. The number of aromatic nitrogens is 2. The summed E-state index contributed by atoms with van der Waals surface area (Å²) in [7, 11) is 0. The Labute approximate surface area is 168 Å². The Morgan fingerprint density at radius 3 is 2.62 bits per heavy atom. The molecule has 0 amide bonds. The van der Waals surface area contributed by atoms with Crippen LogP contribution < -0.4 is 10.5 Å². The molecule has 29 heavy (non-hydrogen) atoms. The lowest BCUT2D eigenvalue weighted by atomic mass is 9.81. The first-order valence-electron chi connectivity index (χ1n) is 8.61. The maximum absolute atomic E-state index is 13.7. The number of halogens is 3. The standard InChI is InChI=1S/C20H15F3N4OS/c1-9-7-12(10(2)29-9)17-16-15(11-5-3-4-6-14(11)20(21,22)23)13(8-24)18(25)28-19(16)27-26-17/h3-7,15H,25H2,1-2H3,(H,26,27)/t15-/m0/s1. The minimum absolute atomic E-state index is 0.0710. The van der Waals surface area contributed by atoms with Crippen LogP contribution in [0.3, 0.4) is 0 Å². The van der Waals surface area contributed by atoms with Crippen LogP contribution in [-0.4, -0.2) is 10.2 Å². The van der Waals surface area contributed by atoms with E-state index in [1.54, 1.807) is 11.3 Å². The van der Waals surface area contributed by atoms with Crippen molar-refractivity contribution >= 4 is 11.3 Å². The van der Waals surface area contributed by atoms with Crippen molar-refractivity contribution in [3.63, 3.8) is 0 Å². The minimum atomic E-state index is -4.59. The van der Waals surface area contributed by atoms with Crippen LogP contribution in [0.2, 0.25) is 0 Å². The Hall–Kier alpha value is -3.25. The molecule has 0 spiro atoms. The fourth-order valence-corrected chi connectivity index (χ4v) is 4.58. The topological polar surface area (TPSA) is 87.7 Å². The minimum Gasteiger partial charge on any atom is -0.420 e. The lowest BCUT2D eigenvalue weighted by Crippen LogP contribution is -2.23. The molecule has 0 fully saturated rings. The molecule has 0 saturated heterocycles. The van der Waals surface area contributed by atoms with E-state index in [2.05, 4.69) is 10.2 Å².